The molecule has 2 heterocycles. The number of hydrogen-bond acceptors (Lipinski definition) is 5. The van der Waals surface area contributed by atoms with Crippen LogP contribution in [0.3, 0.4) is 0 Å². The van der Waals surface area contributed by atoms with Crippen molar-refractivity contribution in [1.82, 2.24) is 10.3 Å². The number of aromatic nitrogens is 1. The highest BCUT2D eigenvalue weighted by Crippen LogP contribution is 2.57. The maximum atomic E-state index is 11.0. The third-order valence-corrected chi connectivity index (χ3v) is 4.65. The van der Waals surface area contributed by atoms with Gasteiger partial charge in [-0.2, -0.15) is 0 Å². The topological polar surface area (TPSA) is 118 Å². The first-order valence-electron chi connectivity index (χ1n) is 6.95. The van der Waals surface area contributed by atoms with Crippen LogP contribution in [0.25, 0.3) is 0 Å². The number of anilines is 1. The van der Waals surface area contributed by atoms with Crippen molar-refractivity contribution in [1.29, 1.82) is 0 Å². The van der Waals surface area contributed by atoms with E-state index in [9.17, 15) is 9.90 Å². The third kappa shape index (κ3) is 2.22. The summed E-state index contributed by atoms with van der Waals surface area (Å²) in [5.41, 5.74) is 5.29. The molecule has 1 aliphatic carbocycles. The molecule has 114 valence electrons. The zero-order valence-electron chi connectivity index (χ0n) is 11.7. The minimum absolute atomic E-state index is 0.329. The maximum Gasteiger partial charge on any atom is 0.404 e. The molecule has 21 heavy (non-hydrogen) atoms. The fraction of sp³-hybridized carbons (Fsp3) is 0.571. The van der Waals surface area contributed by atoms with Crippen LogP contribution in [0.1, 0.15) is 37.9 Å². The van der Waals surface area contributed by atoms with Crippen molar-refractivity contribution < 1.29 is 19.7 Å². The van der Waals surface area contributed by atoms with Crippen LogP contribution in [-0.4, -0.2) is 38.5 Å². The average Bonchev–Trinajstić information content (AvgIpc) is 3.17. The minimum atomic E-state index is -1.23. The van der Waals surface area contributed by atoms with Gasteiger partial charge in [-0.15, -0.1) is 0 Å². The second-order valence-corrected chi connectivity index (χ2v) is 5.99. The van der Waals surface area contributed by atoms with Crippen molar-refractivity contribution in [2.75, 3.05) is 5.73 Å². The second-order valence-electron chi connectivity index (χ2n) is 5.99. The molecule has 0 aromatic carbocycles. The fourth-order valence-corrected chi connectivity index (χ4v) is 3.19. The number of rotatable bonds is 2. The molecular weight excluding hydrogens is 274 g/mol. The van der Waals surface area contributed by atoms with Crippen LogP contribution in [-0.2, 0) is 4.74 Å². The quantitative estimate of drug-likeness (QED) is 0.647. The highest BCUT2D eigenvalue weighted by Gasteiger charge is 2.65. The third-order valence-electron chi connectivity index (χ3n) is 4.65. The van der Waals surface area contributed by atoms with Crippen molar-refractivity contribution in [3.8, 4) is 0 Å². The van der Waals surface area contributed by atoms with Gasteiger partial charge >= 0.3 is 6.09 Å². The van der Waals surface area contributed by atoms with Crippen LogP contribution in [0.5, 0.6) is 0 Å². The molecule has 1 spiro atoms. The Morgan fingerprint density at radius 3 is 2.86 bits per heavy atom. The number of amides is 1. The summed E-state index contributed by atoms with van der Waals surface area (Å²) in [5, 5.41) is 22.1. The molecule has 2 fully saturated rings. The Labute approximate surface area is 122 Å². The molecule has 5 N–H and O–H groups in total. The summed E-state index contributed by atoms with van der Waals surface area (Å²) in [6, 6.07) is 1.16. The normalized spacial score (nSPS) is 33.6. The van der Waals surface area contributed by atoms with E-state index in [4.69, 9.17) is 15.6 Å². The number of nitrogens with one attached hydrogen (secondary N) is 1. The van der Waals surface area contributed by atoms with Crippen molar-refractivity contribution in [3.63, 3.8) is 0 Å². The number of nitrogen functional groups attached to an aromatic ring is 1. The molecule has 1 amide bonds. The molecule has 1 saturated heterocycles. The van der Waals surface area contributed by atoms with E-state index in [-0.39, 0.29) is 6.10 Å². The van der Waals surface area contributed by atoms with E-state index in [2.05, 4.69) is 10.3 Å². The van der Waals surface area contributed by atoms with Crippen LogP contribution >= 0.6 is 0 Å². The van der Waals surface area contributed by atoms with E-state index >= 15 is 0 Å². The number of pyridine rings is 1. The number of hydrogen-bond donors (Lipinski definition) is 4. The first-order valence-corrected chi connectivity index (χ1v) is 6.95. The summed E-state index contributed by atoms with van der Waals surface area (Å²) < 4.78 is 6.09. The van der Waals surface area contributed by atoms with Gasteiger partial charge in [0.2, 0.25) is 0 Å². The van der Waals surface area contributed by atoms with E-state index in [1.807, 2.05) is 0 Å². The lowest BCUT2D eigenvalue weighted by Gasteiger charge is -2.47. The lowest BCUT2D eigenvalue weighted by atomic mass is 9.80. The van der Waals surface area contributed by atoms with Crippen molar-refractivity contribution >= 4 is 11.8 Å². The van der Waals surface area contributed by atoms with Crippen LogP contribution in [0.2, 0.25) is 0 Å². The van der Waals surface area contributed by atoms with Crippen LogP contribution in [0.4, 0.5) is 10.5 Å². The lowest BCUT2D eigenvalue weighted by Crippen LogP contribution is -2.63. The van der Waals surface area contributed by atoms with Crippen LogP contribution in [0.15, 0.2) is 18.5 Å². The van der Waals surface area contributed by atoms with Gasteiger partial charge in [-0.25, -0.2) is 4.79 Å². The summed E-state index contributed by atoms with van der Waals surface area (Å²) in [7, 11) is 0. The number of carbonyl (C=O) groups is 1. The van der Waals surface area contributed by atoms with Gasteiger partial charge in [0.15, 0.2) is 0 Å². The number of nitrogens with two attached hydrogens (primary N) is 1. The zero-order chi connectivity index (χ0) is 15.3. The Morgan fingerprint density at radius 2 is 2.29 bits per heavy atom. The van der Waals surface area contributed by atoms with Gasteiger partial charge in [0.25, 0.3) is 0 Å². The second kappa shape index (κ2) is 4.57. The van der Waals surface area contributed by atoms with Crippen molar-refractivity contribution in [2.45, 2.75) is 49.5 Å². The first kappa shape index (κ1) is 14.1. The molecule has 1 aromatic heterocycles. The molecule has 0 radical (unpaired) electrons. The van der Waals surface area contributed by atoms with E-state index in [0.717, 1.165) is 5.56 Å². The van der Waals surface area contributed by atoms with E-state index in [1.54, 1.807) is 25.4 Å². The molecule has 7 heteroatoms. The number of carboxylic acid groups (broad SMARTS) is 1. The van der Waals surface area contributed by atoms with Gasteiger partial charge < -0.3 is 26.0 Å². The largest absolute Gasteiger partial charge is 0.465 e. The molecule has 3 rings (SSSR count). The molecule has 2 aliphatic rings. The summed E-state index contributed by atoms with van der Waals surface area (Å²) in [6.07, 6.45) is 3.41. The zero-order valence-corrected chi connectivity index (χ0v) is 11.7. The maximum absolute atomic E-state index is 11.0. The van der Waals surface area contributed by atoms with Crippen LogP contribution < -0.4 is 11.1 Å². The Balaban J connectivity index is 1.92. The SMILES string of the molecule is C[C@@]1(O)[C@H](NC(=O)O)C[C@@H](c2ccncc2N)OC12CC2. The monoisotopic (exact) mass is 293 g/mol. The van der Waals surface area contributed by atoms with Gasteiger partial charge in [0, 0.05) is 18.2 Å². The molecule has 0 bridgehead atoms. The summed E-state index contributed by atoms with van der Waals surface area (Å²) in [5.74, 6) is 0. The Hall–Kier alpha value is -1.86. The van der Waals surface area contributed by atoms with Gasteiger partial charge in [0.05, 0.1) is 29.6 Å². The Morgan fingerprint density at radius 1 is 1.57 bits per heavy atom. The van der Waals surface area contributed by atoms with Crippen LogP contribution in [0, 0.1) is 0 Å². The van der Waals surface area contributed by atoms with E-state index in [1.165, 1.54) is 0 Å². The van der Waals surface area contributed by atoms with Gasteiger partial charge in [-0.1, -0.05) is 0 Å². The molecule has 0 unspecified atom stereocenters. The first-order chi connectivity index (χ1) is 9.86. The van der Waals surface area contributed by atoms with Gasteiger partial charge in [0.1, 0.15) is 5.60 Å². The molecule has 3 atom stereocenters. The summed E-state index contributed by atoms with van der Waals surface area (Å²) in [6.45, 7) is 1.63. The smallest absolute Gasteiger partial charge is 0.404 e. The number of nitrogens with zero attached hydrogens (tertiary/aromatic N) is 1. The average molecular weight is 293 g/mol. The Kier molecular flexibility index (Phi) is 3.07. The van der Waals surface area contributed by atoms with Crippen molar-refractivity contribution in [2.24, 2.45) is 0 Å². The summed E-state index contributed by atoms with van der Waals surface area (Å²) >= 11 is 0. The highest BCUT2D eigenvalue weighted by atomic mass is 16.5. The van der Waals surface area contributed by atoms with Crippen molar-refractivity contribution in [3.05, 3.63) is 24.0 Å². The van der Waals surface area contributed by atoms with E-state index in [0.29, 0.717) is 24.9 Å². The Bertz CT molecular complexity index is 571. The molecule has 7 nitrogen and oxygen atoms in total. The van der Waals surface area contributed by atoms with Gasteiger partial charge in [-0.3, -0.25) is 4.98 Å². The van der Waals surface area contributed by atoms with E-state index < -0.39 is 23.3 Å². The highest BCUT2D eigenvalue weighted by molar-refractivity contribution is 5.65. The fourth-order valence-electron chi connectivity index (χ4n) is 3.19. The summed E-state index contributed by atoms with van der Waals surface area (Å²) in [4.78, 5) is 14.9. The number of ether oxygens (including phenoxy) is 1. The lowest BCUT2D eigenvalue weighted by molar-refractivity contribution is -0.200. The minimum Gasteiger partial charge on any atom is -0.465 e. The predicted octanol–water partition coefficient (Wildman–Crippen LogP) is 1.04. The predicted molar refractivity (Wildman–Crippen MR) is 74.6 cm³/mol. The van der Waals surface area contributed by atoms with Gasteiger partial charge in [-0.05, 0) is 25.8 Å². The standard InChI is InChI=1S/C14H19N3O4/c1-13(20)11(17-12(18)19)6-10(21-14(13)3-4-14)8-2-5-16-7-9(8)15/h2,5,7,10-11,17,20H,3-4,6,15H2,1H3,(H,18,19)/t10-,11+,13+/m0/s1. The number of aliphatic hydroxyl groups is 1. The molecular formula is C14H19N3O4. The molecule has 1 aromatic rings. The molecule has 1 saturated carbocycles. The molecule has 1 aliphatic heterocycles.